The fraction of sp³-hybridized carbons (Fsp3) is 0.0667. The number of nitrogens with one attached hydrogen (secondary N) is 2. The average Bonchev–Trinajstić information content (AvgIpc) is 2.86. The topological polar surface area (TPSA) is 27.8 Å². The van der Waals surface area contributed by atoms with E-state index in [1.54, 1.807) is 6.07 Å². The molecule has 0 aliphatic rings. The first kappa shape index (κ1) is 12.5. The summed E-state index contributed by atoms with van der Waals surface area (Å²) in [7, 11) is 0. The summed E-state index contributed by atoms with van der Waals surface area (Å²) in [6.45, 7) is 0.708. The van der Waals surface area contributed by atoms with Crippen LogP contribution in [0.4, 0.5) is 10.1 Å². The third-order valence-electron chi connectivity index (χ3n) is 3.07. The molecule has 0 atom stereocenters. The van der Waals surface area contributed by atoms with Crippen LogP contribution in [0.25, 0.3) is 10.9 Å². The zero-order valence-electron chi connectivity index (χ0n) is 10.1. The molecule has 0 amide bonds. The van der Waals surface area contributed by atoms with Crippen molar-refractivity contribution in [3.63, 3.8) is 0 Å². The maximum Gasteiger partial charge on any atom is 0.124 e. The van der Waals surface area contributed by atoms with E-state index in [4.69, 9.17) is 0 Å². The molecule has 2 aromatic carbocycles. The van der Waals surface area contributed by atoms with Crippen molar-refractivity contribution in [2.24, 2.45) is 0 Å². The Balaban J connectivity index is 1.84. The Labute approximate surface area is 124 Å². The number of H-pyrrole nitrogens is 1. The minimum atomic E-state index is -0.207. The minimum Gasteiger partial charge on any atom is -0.380 e. The van der Waals surface area contributed by atoms with Gasteiger partial charge < -0.3 is 10.3 Å². The average molecular weight is 366 g/mol. The molecule has 19 heavy (non-hydrogen) atoms. The van der Waals surface area contributed by atoms with E-state index in [-0.39, 0.29) is 5.82 Å². The number of rotatable bonds is 3. The summed E-state index contributed by atoms with van der Waals surface area (Å²) >= 11 is 2.14. The molecular formula is C15H12FIN2. The molecule has 4 heteroatoms. The summed E-state index contributed by atoms with van der Waals surface area (Å²) in [4.78, 5) is 3.25. The normalized spacial score (nSPS) is 10.8. The second kappa shape index (κ2) is 5.21. The molecule has 0 radical (unpaired) electrons. The maximum absolute atomic E-state index is 13.0. The highest BCUT2D eigenvalue weighted by Gasteiger charge is 2.04. The fourth-order valence-electron chi connectivity index (χ4n) is 2.12. The standard InChI is InChI=1S/C15H12FIN2/c16-12-4-5-14(13(17)8-12)19-9-11-3-1-2-10-6-7-18-15(10)11/h1-8,18-19H,9H2. The second-order valence-electron chi connectivity index (χ2n) is 4.34. The molecular weight excluding hydrogens is 354 g/mol. The molecule has 2 nitrogen and oxygen atoms in total. The van der Waals surface area contributed by atoms with Crippen molar-refractivity contribution >= 4 is 39.2 Å². The van der Waals surface area contributed by atoms with Crippen molar-refractivity contribution in [2.75, 3.05) is 5.32 Å². The Morgan fingerprint density at radius 3 is 2.89 bits per heavy atom. The van der Waals surface area contributed by atoms with Crippen molar-refractivity contribution in [3.8, 4) is 0 Å². The van der Waals surface area contributed by atoms with Gasteiger partial charge in [0.1, 0.15) is 5.82 Å². The molecule has 0 unspecified atom stereocenters. The predicted molar refractivity (Wildman–Crippen MR) is 84.7 cm³/mol. The molecule has 0 saturated carbocycles. The van der Waals surface area contributed by atoms with Crippen LogP contribution in [-0.4, -0.2) is 4.98 Å². The van der Waals surface area contributed by atoms with Gasteiger partial charge in [0.2, 0.25) is 0 Å². The van der Waals surface area contributed by atoms with E-state index in [2.05, 4.69) is 51.1 Å². The quantitative estimate of drug-likeness (QED) is 0.656. The Hall–Kier alpha value is -1.56. The first-order valence-corrected chi connectivity index (χ1v) is 7.06. The molecule has 1 heterocycles. The highest BCUT2D eigenvalue weighted by atomic mass is 127. The zero-order chi connectivity index (χ0) is 13.2. The van der Waals surface area contributed by atoms with Crippen LogP contribution in [0.3, 0.4) is 0 Å². The van der Waals surface area contributed by atoms with Crippen molar-refractivity contribution in [1.29, 1.82) is 0 Å². The highest BCUT2D eigenvalue weighted by molar-refractivity contribution is 14.1. The van der Waals surface area contributed by atoms with Gasteiger partial charge in [-0.2, -0.15) is 0 Å². The zero-order valence-corrected chi connectivity index (χ0v) is 12.2. The van der Waals surface area contributed by atoms with Crippen LogP contribution in [0.5, 0.6) is 0 Å². The molecule has 3 rings (SSSR count). The first-order chi connectivity index (χ1) is 9.24. The summed E-state index contributed by atoms with van der Waals surface area (Å²) in [6, 6.07) is 13.0. The van der Waals surface area contributed by atoms with Crippen molar-refractivity contribution in [1.82, 2.24) is 4.98 Å². The Bertz CT molecular complexity index is 721. The van der Waals surface area contributed by atoms with Gasteiger partial charge in [0.15, 0.2) is 0 Å². The molecule has 0 bridgehead atoms. The fourth-order valence-corrected chi connectivity index (χ4v) is 2.79. The van der Waals surface area contributed by atoms with Crippen LogP contribution >= 0.6 is 22.6 Å². The smallest absolute Gasteiger partial charge is 0.124 e. The van der Waals surface area contributed by atoms with Crippen molar-refractivity contribution in [2.45, 2.75) is 6.54 Å². The van der Waals surface area contributed by atoms with E-state index in [0.717, 1.165) is 14.8 Å². The first-order valence-electron chi connectivity index (χ1n) is 5.98. The number of hydrogen-bond acceptors (Lipinski definition) is 1. The van der Waals surface area contributed by atoms with E-state index in [0.29, 0.717) is 6.54 Å². The van der Waals surface area contributed by atoms with Gasteiger partial charge in [0.25, 0.3) is 0 Å². The van der Waals surface area contributed by atoms with Crippen LogP contribution in [-0.2, 0) is 6.54 Å². The Morgan fingerprint density at radius 2 is 2.05 bits per heavy atom. The van der Waals surface area contributed by atoms with E-state index < -0.39 is 0 Å². The summed E-state index contributed by atoms with van der Waals surface area (Å²) < 4.78 is 13.9. The summed E-state index contributed by atoms with van der Waals surface area (Å²) in [5.74, 6) is -0.207. The molecule has 0 spiro atoms. The van der Waals surface area contributed by atoms with Crippen LogP contribution in [0.1, 0.15) is 5.56 Å². The summed E-state index contributed by atoms with van der Waals surface area (Å²) in [5, 5.41) is 4.55. The van der Waals surface area contributed by atoms with Gasteiger partial charge in [-0.05, 0) is 57.8 Å². The minimum absolute atomic E-state index is 0.207. The maximum atomic E-state index is 13.0. The molecule has 0 aliphatic carbocycles. The molecule has 96 valence electrons. The third-order valence-corrected chi connectivity index (χ3v) is 3.97. The lowest BCUT2D eigenvalue weighted by molar-refractivity contribution is 0.627. The monoisotopic (exact) mass is 366 g/mol. The Kier molecular flexibility index (Phi) is 3.42. The highest BCUT2D eigenvalue weighted by Crippen LogP contribution is 2.22. The predicted octanol–water partition coefficient (Wildman–Crippen LogP) is 4.52. The Morgan fingerprint density at radius 1 is 1.16 bits per heavy atom. The number of aromatic amines is 1. The lowest BCUT2D eigenvalue weighted by Crippen LogP contribution is -2.01. The third kappa shape index (κ3) is 2.58. The number of benzene rings is 2. The van der Waals surface area contributed by atoms with Crippen LogP contribution < -0.4 is 5.32 Å². The van der Waals surface area contributed by atoms with E-state index in [1.807, 2.05) is 12.3 Å². The van der Waals surface area contributed by atoms with Crippen LogP contribution in [0.2, 0.25) is 0 Å². The van der Waals surface area contributed by atoms with Crippen LogP contribution in [0, 0.1) is 9.39 Å². The molecule has 0 aliphatic heterocycles. The number of fused-ring (bicyclic) bond motifs is 1. The molecule has 0 saturated heterocycles. The summed E-state index contributed by atoms with van der Waals surface area (Å²) in [6.07, 6.45) is 1.94. The SMILES string of the molecule is Fc1ccc(NCc2cccc3cc[nH]c23)c(I)c1. The van der Waals surface area contributed by atoms with Crippen molar-refractivity contribution < 1.29 is 4.39 Å². The van der Waals surface area contributed by atoms with Gasteiger partial charge in [-0.1, -0.05) is 18.2 Å². The van der Waals surface area contributed by atoms with Gasteiger partial charge >= 0.3 is 0 Å². The van der Waals surface area contributed by atoms with Gasteiger partial charge in [-0.15, -0.1) is 0 Å². The van der Waals surface area contributed by atoms with Crippen molar-refractivity contribution in [3.05, 3.63) is 63.6 Å². The van der Waals surface area contributed by atoms with Gasteiger partial charge in [0.05, 0.1) is 5.52 Å². The molecule has 2 N–H and O–H groups in total. The van der Waals surface area contributed by atoms with Crippen LogP contribution in [0.15, 0.2) is 48.7 Å². The number of para-hydroxylation sites is 1. The largest absolute Gasteiger partial charge is 0.380 e. The van der Waals surface area contributed by atoms with Gasteiger partial charge in [0, 0.05) is 22.0 Å². The lowest BCUT2D eigenvalue weighted by Gasteiger charge is -2.09. The van der Waals surface area contributed by atoms with E-state index in [9.17, 15) is 4.39 Å². The lowest BCUT2D eigenvalue weighted by atomic mass is 10.1. The van der Waals surface area contributed by atoms with Gasteiger partial charge in [-0.25, -0.2) is 4.39 Å². The second-order valence-corrected chi connectivity index (χ2v) is 5.50. The number of hydrogen-bond donors (Lipinski definition) is 2. The van der Waals surface area contributed by atoms with E-state index >= 15 is 0 Å². The molecule has 1 aromatic heterocycles. The van der Waals surface area contributed by atoms with E-state index in [1.165, 1.54) is 23.1 Å². The summed E-state index contributed by atoms with van der Waals surface area (Å²) in [5.41, 5.74) is 3.29. The van der Waals surface area contributed by atoms with Gasteiger partial charge in [-0.3, -0.25) is 0 Å². The molecule has 3 aromatic rings. The molecule has 0 fully saturated rings. The number of aromatic nitrogens is 1. The number of halogens is 2. The number of anilines is 1.